The zero-order chi connectivity index (χ0) is 11.4. The van der Waals surface area contributed by atoms with E-state index in [1.54, 1.807) is 0 Å². The van der Waals surface area contributed by atoms with Gasteiger partial charge in [-0.25, -0.2) is 0 Å². The van der Waals surface area contributed by atoms with Gasteiger partial charge in [-0.3, -0.25) is 4.90 Å². The Labute approximate surface area is 98.8 Å². The van der Waals surface area contributed by atoms with Gasteiger partial charge in [-0.15, -0.1) is 0 Å². The van der Waals surface area contributed by atoms with Crippen molar-refractivity contribution in [2.24, 2.45) is 0 Å². The lowest BCUT2D eigenvalue weighted by molar-refractivity contribution is -0.0324. The maximum atomic E-state index is 9.61. The molecule has 1 heterocycles. The summed E-state index contributed by atoms with van der Waals surface area (Å²) in [7, 11) is 0. The molecule has 0 amide bonds. The average molecular weight is 227 g/mol. The van der Waals surface area contributed by atoms with Gasteiger partial charge in [0.25, 0.3) is 0 Å². The third-order valence-electron chi connectivity index (χ3n) is 3.87. The SMILES string of the molecule is CCCO[C@@H]1CCCC[C@H]1N1CC[C@@H](O)C1. The molecule has 0 bridgehead atoms. The maximum absolute atomic E-state index is 9.61. The minimum absolute atomic E-state index is 0.103. The number of aliphatic hydroxyl groups excluding tert-OH is 1. The zero-order valence-electron chi connectivity index (χ0n) is 10.4. The van der Waals surface area contributed by atoms with Crippen LogP contribution in [0.2, 0.25) is 0 Å². The van der Waals surface area contributed by atoms with E-state index in [-0.39, 0.29) is 6.10 Å². The fourth-order valence-corrected chi connectivity index (χ4v) is 3.03. The van der Waals surface area contributed by atoms with Gasteiger partial charge >= 0.3 is 0 Å². The fourth-order valence-electron chi connectivity index (χ4n) is 3.03. The van der Waals surface area contributed by atoms with E-state index in [1.165, 1.54) is 25.7 Å². The molecular weight excluding hydrogens is 202 g/mol. The van der Waals surface area contributed by atoms with Crippen molar-refractivity contribution in [3.05, 3.63) is 0 Å². The molecule has 0 radical (unpaired) electrons. The standard InChI is InChI=1S/C13H25NO2/c1-2-9-16-13-6-4-3-5-12(13)14-8-7-11(15)10-14/h11-13,15H,2-10H2,1H3/t11-,12-,13-/m1/s1. The largest absolute Gasteiger partial charge is 0.392 e. The number of nitrogens with zero attached hydrogens (tertiary/aromatic N) is 1. The average Bonchev–Trinajstić information content (AvgIpc) is 2.73. The normalized spacial score (nSPS) is 36.8. The molecule has 2 fully saturated rings. The molecule has 3 heteroatoms. The van der Waals surface area contributed by atoms with E-state index in [0.717, 1.165) is 32.5 Å². The van der Waals surface area contributed by atoms with Crippen LogP contribution in [0.1, 0.15) is 45.4 Å². The van der Waals surface area contributed by atoms with Gasteiger partial charge in [-0.2, -0.15) is 0 Å². The van der Waals surface area contributed by atoms with Crippen LogP contribution in [0.15, 0.2) is 0 Å². The first kappa shape index (κ1) is 12.3. The summed E-state index contributed by atoms with van der Waals surface area (Å²) in [6, 6.07) is 0.567. The molecule has 1 N–H and O–H groups in total. The number of hydrogen-bond acceptors (Lipinski definition) is 3. The van der Waals surface area contributed by atoms with Crippen molar-refractivity contribution in [2.45, 2.75) is 63.7 Å². The summed E-state index contributed by atoms with van der Waals surface area (Å²) in [4.78, 5) is 2.45. The Balaban J connectivity index is 1.88. The number of hydrogen-bond donors (Lipinski definition) is 1. The maximum Gasteiger partial charge on any atom is 0.0730 e. The third kappa shape index (κ3) is 2.96. The molecule has 0 aromatic carbocycles. The summed E-state index contributed by atoms with van der Waals surface area (Å²) in [5.41, 5.74) is 0. The van der Waals surface area contributed by atoms with E-state index in [0.29, 0.717) is 12.1 Å². The van der Waals surface area contributed by atoms with Crippen molar-refractivity contribution in [3.63, 3.8) is 0 Å². The topological polar surface area (TPSA) is 32.7 Å². The monoisotopic (exact) mass is 227 g/mol. The first-order chi connectivity index (χ1) is 7.81. The van der Waals surface area contributed by atoms with E-state index in [2.05, 4.69) is 11.8 Å². The molecule has 1 aliphatic heterocycles. The second kappa shape index (κ2) is 5.99. The Morgan fingerprint density at radius 2 is 2.06 bits per heavy atom. The van der Waals surface area contributed by atoms with Crippen LogP contribution in [0.5, 0.6) is 0 Å². The van der Waals surface area contributed by atoms with Gasteiger partial charge in [0.05, 0.1) is 12.2 Å². The molecule has 0 aromatic heterocycles. The van der Waals surface area contributed by atoms with Gasteiger partial charge in [0.15, 0.2) is 0 Å². The number of ether oxygens (including phenoxy) is 1. The highest BCUT2D eigenvalue weighted by Gasteiger charge is 2.34. The summed E-state index contributed by atoms with van der Waals surface area (Å²) in [6.45, 7) is 4.96. The van der Waals surface area contributed by atoms with E-state index >= 15 is 0 Å². The minimum atomic E-state index is -0.103. The van der Waals surface area contributed by atoms with E-state index < -0.39 is 0 Å². The Morgan fingerprint density at radius 3 is 2.75 bits per heavy atom. The third-order valence-corrected chi connectivity index (χ3v) is 3.87. The molecule has 2 rings (SSSR count). The second-order valence-electron chi connectivity index (χ2n) is 5.20. The van der Waals surface area contributed by atoms with Crippen LogP contribution in [0.3, 0.4) is 0 Å². The van der Waals surface area contributed by atoms with Gasteiger partial charge in [-0.05, 0) is 25.7 Å². The predicted octanol–water partition coefficient (Wildman–Crippen LogP) is 1.79. The predicted molar refractivity (Wildman–Crippen MR) is 64.5 cm³/mol. The molecule has 3 atom stereocenters. The molecule has 1 saturated heterocycles. The molecule has 1 saturated carbocycles. The van der Waals surface area contributed by atoms with Crippen molar-refractivity contribution in [2.75, 3.05) is 19.7 Å². The number of likely N-dealkylation sites (tertiary alicyclic amines) is 1. The molecular formula is C13H25NO2. The van der Waals surface area contributed by atoms with Crippen LogP contribution in [0.4, 0.5) is 0 Å². The highest BCUT2D eigenvalue weighted by atomic mass is 16.5. The zero-order valence-corrected chi connectivity index (χ0v) is 10.4. The van der Waals surface area contributed by atoms with Crippen LogP contribution >= 0.6 is 0 Å². The van der Waals surface area contributed by atoms with Gasteiger partial charge in [-0.1, -0.05) is 19.8 Å². The Kier molecular flexibility index (Phi) is 4.62. The van der Waals surface area contributed by atoms with Crippen molar-refractivity contribution in [1.29, 1.82) is 0 Å². The summed E-state index contributed by atoms with van der Waals surface area (Å²) < 4.78 is 5.97. The van der Waals surface area contributed by atoms with Crippen molar-refractivity contribution in [1.82, 2.24) is 4.90 Å². The van der Waals surface area contributed by atoms with Crippen LogP contribution in [-0.4, -0.2) is 48.0 Å². The Hall–Kier alpha value is -0.120. The molecule has 0 spiro atoms. The number of rotatable bonds is 4. The Morgan fingerprint density at radius 1 is 1.25 bits per heavy atom. The minimum Gasteiger partial charge on any atom is -0.392 e. The Bertz CT molecular complexity index is 210. The summed E-state index contributed by atoms with van der Waals surface area (Å²) in [6.07, 6.45) is 7.44. The lowest BCUT2D eigenvalue weighted by atomic mass is 9.91. The summed E-state index contributed by atoms with van der Waals surface area (Å²) in [5, 5.41) is 9.61. The van der Waals surface area contributed by atoms with Crippen molar-refractivity contribution >= 4 is 0 Å². The molecule has 3 nitrogen and oxygen atoms in total. The van der Waals surface area contributed by atoms with Crippen LogP contribution in [0, 0.1) is 0 Å². The highest BCUT2D eigenvalue weighted by molar-refractivity contribution is 4.88. The quantitative estimate of drug-likeness (QED) is 0.795. The van der Waals surface area contributed by atoms with Gasteiger partial charge in [0.2, 0.25) is 0 Å². The highest BCUT2D eigenvalue weighted by Crippen LogP contribution is 2.28. The van der Waals surface area contributed by atoms with Crippen LogP contribution < -0.4 is 0 Å². The van der Waals surface area contributed by atoms with Crippen molar-refractivity contribution < 1.29 is 9.84 Å². The second-order valence-corrected chi connectivity index (χ2v) is 5.20. The molecule has 0 unspecified atom stereocenters. The number of β-amino-alcohol motifs (C(OH)–C–C–N with tert-alkyl or cyclic N) is 1. The van der Waals surface area contributed by atoms with Crippen molar-refractivity contribution in [3.8, 4) is 0 Å². The molecule has 94 valence electrons. The summed E-state index contributed by atoms with van der Waals surface area (Å²) >= 11 is 0. The first-order valence-electron chi connectivity index (χ1n) is 6.85. The lowest BCUT2D eigenvalue weighted by Crippen LogP contribution is -2.46. The first-order valence-corrected chi connectivity index (χ1v) is 6.85. The van der Waals surface area contributed by atoms with Gasteiger partial charge < -0.3 is 9.84 Å². The van der Waals surface area contributed by atoms with E-state index in [4.69, 9.17) is 4.74 Å². The number of aliphatic hydroxyl groups is 1. The van der Waals surface area contributed by atoms with E-state index in [9.17, 15) is 5.11 Å². The summed E-state index contributed by atoms with van der Waals surface area (Å²) in [5.74, 6) is 0. The molecule has 16 heavy (non-hydrogen) atoms. The van der Waals surface area contributed by atoms with Crippen LogP contribution in [-0.2, 0) is 4.74 Å². The lowest BCUT2D eigenvalue weighted by Gasteiger charge is -2.37. The molecule has 1 aliphatic carbocycles. The smallest absolute Gasteiger partial charge is 0.0730 e. The van der Waals surface area contributed by atoms with Crippen LogP contribution in [0.25, 0.3) is 0 Å². The van der Waals surface area contributed by atoms with E-state index in [1.807, 2.05) is 0 Å². The van der Waals surface area contributed by atoms with Gasteiger partial charge in [0.1, 0.15) is 0 Å². The molecule has 0 aromatic rings. The fraction of sp³-hybridized carbons (Fsp3) is 1.00. The molecule has 2 aliphatic rings. The van der Waals surface area contributed by atoms with Gasteiger partial charge in [0, 0.05) is 25.7 Å².